The lowest BCUT2D eigenvalue weighted by molar-refractivity contribution is -0.128. The number of likely N-dealkylation sites (N-methyl/N-ethyl adjacent to an activating group) is 1. The fourth-order valence-electron chi connectivity index (χ4n) is 4.82. The second kappa shape index (κ2) is 11.3. The van der Waals surface area contributed by atoms with Gasteiger partial charge in [-0.05, 0) is 56.6 Å². The van der Waals surface area contributed by atoms with Crippen molar-refractivity contribution in [3.8, 4) is 5.75 Å². The molecule has 198 valence electrons. The molecule has 3 amide bonds. The highest BCUT2D eigenvalue weighted by Crippen LogP contribution is 2.39. The molecule has 0 saturated carbocycles. The number of hydrogen-bond donors (Lipinski definition) is 1. The van der Waals surface area contributed by atoms with Crippen molar-refractivity contribution in [3.05, 3.63) is 65.5 Å². The van der Waals surface area contributed by atoms with Crippen LogP contribution in [-0.4, -0.2) is 98.2 Å². The minimum absolute atomic E-state index is 0.0462. The molecule has 0 unspecified atom stereocenters. The Bertz CT molecular complexity index is 1130. The van der Waals surface area contributed by atoms with Gasteiger partial charge in [0.1, 0.15) is 23.3 Å². The number of carbonyl (C=O) groups excluding carboxylic acids is 3. The van der Waals surface area contributed by atoms with Gasteiger partial charge in [0.15, 0.2) is 0 Å². The van der Waals surface area contributed by atoms with Crippen molar-refractivity contribution >= 4 is 17.7 Å². The number of hydrogen-bond acceptors (Lipinski definition) is 6. The summed E-state index contributed by atoms with van der Waals surface area (Å²) in [5.41, 5.74) is -0.257. The third kappa shape index (κ3) is 5.75. The van der Waals surface area contributed by atoms with Gasteiger partial charge in [0.25, 0.3) is 11.8 Å². The van der Waals surface area contributed by atoms with E-state index in [1.54, 1.807) is 36.3 Å². The molecule has 0 aromatic heterocycles. The second-order valence-electron chi connectivity index (χ2n) is 9.57. The minimum Gasteiger partial charge on any atom is -0.497 e. The molecule has 2 fully saturated rings. The molecule has 0 radical (unpaired) electrons. The lowest BCUT2D eigenvalue weighted by Gasteiger charge is -2.44. The van der Waals surface area contributed by atoms with Gasteiger partial charge in [0.2, 0.25) is 5.91 Å². The van der Waals surface area contributed by atoms with E-state index >= 15 is 0 Å². The van der Waals surface area contributed by atoms with Gasteiger partial charge in [-0.25, -0.2) is 4.39 Å². The summed E-state index contributed by atoms with van der Waals surface area (Å²) in [4.78, 5) is 45.1. The van der Waals surface area contributed by atoms with Crippen LogP contribution in [0.5, 0.6) is 5.75 Å². The van der Waals surface area contributed by atoms with Crippen LogP contribution in [0, 0.1) is 5.82 Å². The Labute approximate surface area is 216 Å². The molecule has 9 nitrogen and oxygen atoms in total. The average Bonchev–Trinajstić information content (AvgIpc) is 3.27. The van der Waals surface area contributed by atoms with Crippen molar-refractivity contribution in [3.63, 3.8) is 0 Å². The van der Waals surface area contributed by atoms with Crippen LogP contribution in [0.25, 0.3) is 0 Å². The Balaban J connectivity index is 1.54. The van der Waals surface area contributed by atoms with Crippen molar-refractivity contribution in [1.82, 2.24) is 20.0 Å². The van der Waals surface area contributed by atoms with E-state index in [1.807, 2.05) is 19.0 Å². The summed E-state index contributed by atoms with van der Waals surface area (Å²) in [5, 5.41) is 2.89. The quantitative estimate of drug-likeness (QED) is 0.610. The lowest BCUT2D eigenvalue weighted by Crippen LogP contribution is -2.60. The fourth-order valence-corrected chi connectivity index (χ4v) is 4.82. The van der Waals surface area contributed by atoms with Crippen molar-refractivity contribution in [1.29, 1.82) is 0 Å². The Kier molecular flexibility index (Phi) is 8.09. The Morgan fingerprint density at radius 2 is 1.78 bits per heavy atom. The average molecular weight is 513 g/mol. The number of rotatable bonds is 7. The number of methoxy groups -OCH3 is 1. The highest BCUT2D eigenvalue weighted by atomic mass is 19.1. The number of carbonyl (C=O) groups is 3. The predicted molar refractivity (Wildman–Crippen MR) is 135 cm³/mol. The molecule has 2 aromatic rings. The maximum atomic E-state index is 13.7. The van der Waals surface area contributed by atoms with Gasteiger partial charge in [-0.1, -0.05) is 6.07 Å². The molecular weight excluding hydrogens is 479 g/mol. The largest absolute Gasteiger partial charge is 0.497 e. The van der Waals surface area contributed by atoms with Crippen molar-refractivity contribution in [2.75, 3.05) is 54.0 Å². The minimum atomic E-state index is -1.04. The smallest absolute Gasteiger partial charge is 0.256 e. The molecule has 1 spiro atoms. The Morgan fingerprint density at radius 1 is 1.08 bits per heavy atom. The third-order valence-electron chi connectivity index (χ3n) is 6.88. The fraction of sp³-hybridized carbons (Fsp3) is 0.444. The maximum Gasteiger partial charge on any atom is 0.256 e. The van der Waals surface area contributed by atoms with Crippen molar-refractivity contribution in [2.45, 2.75) is 24.6 Å². The molecule has 1 N–H and O–H groups in total. The lowest BCUT2D eigenvalue weighted by atomic mass is 9.96. The summed E-state index contributed by atoms with van der Waals surface area (Å²) >= 11 is 0. The van der Waals surface area contributed by atoms with Crippen LogP contribution in [0.4, 0.5) is 4.39 Å². The number of ether oxygens (including phenoxy) is 2. The van der Waals surface area contributed by atoms with E-state index in [0.29, 0.717) is 50.3 Å². The van der Waals surface area contributed by atoms with Gasteiger partial charge >= 0.3 is 0 Å². The van der Waals surface area contributed by atoms with Gasteiger partial charge in [-0.3, -0.25) is 19.3 Å². The summed E-state index contributed by atoms with van der Waals surface area (Å²) in [6, 6.07) is 11.4. The van der Waals surface area contributed by atoms with Crippen molar-refractivity contribution < 1.29 is 28.2 Å². The normalized spacial score (nSPS) is 18.8. The number of benzene rings is 2. The summed E-state index contributed by atoms with van der Waals surface area (Å²) in [7, 11) is 5.36. The number of amides is 3. The van der Waals surface area contributed by atoms with Crippen LogP contribution >= 0.6 is 0 Å². The number of likely N-dealkylation sites (tertiary alicyclic amines) is 1. The molecule has 2 aliphatic heterocycles. The molecule has 1 atom stereocenters. The number of nitrogens with zero attached hydrogens (tertiary/aromatic N) is 3. The SMILES string of the molecule is COc1cccc(C(=O)N2CCC3(CC2)OC[C@H](C(=O)NCCN(C)C)N3C(=O)c2ccc(F)cc2)c1. The zero-order valence-corrected chi connectivity index (χ0v) is 21.4. The summed E-state index contributed by atoms with van der Waals surface area (Å²) in [6.45, 7) is 1.81. The van der Waals surface area contributed by atoms with Crippen LogP contribution in [0.3, 0.4) is 0 Å². The molecule has 2 aromatic carbocycles. The van der Waals surface area contributed by atoms with E-state index < -0.39 is 23.5 Å². The molecule has 2 aliphatic rings. The van der Waals surface area contributed by atoms with E-state index in [4.69, 9.17) is 9.47 Å². The number of halogens is 1. The molecule has 4 rings (SSSR count). The first-order valence-corrected chi connectivity index (χ1v) is 12.3. The first kappa shape index (κ1) is 26.6. The van der Waals surface area contributed by atoms with Crippen LogP contribution < -0.4 is 10.1 Å². The number of nitrogens with one attached hydrogen (secondary N) is 1. The molecular formula is C27H33FN4O5. The van der Waals surface area contributed by atoms with Gasteiger partial charge in [-0.15, -0.1) is 0 Å². The van der Waals surface area contributed by atoms with E-state index in [1.165, 1.54) is 29.2 Å². The highest BCUT2D eigenvalue weighted by Gasteiger charge is 2.54. The highest BCUT2D eigenvalue weighted by molar-refractivity contribution is 5.98. The van der Waals surface area contributed by atoms with Gasteiger partial charge in [0, 0.05) is 50.1 Å². The standard InChI is InChI=1S/C27H33FN4O5/c1-30(2)16-13-29-24(33)23-18-37-27(32(23)26(35)19-7-9-21(28)10-8-19)11-14-31(15-12-27)25(34)20-5-4-6-22(17-20)36-3/h4-10,17,23H,11-16,18H2,1-3H3,(H,29,33)/t23-/m1/s1. The zero-order chi connectivity index (χ0) is 26.6. The molecule has 2 saturated heterocycles. The van der Waals surface area contributed by atoms with Gasteiger partial charge in [-0.2, -0.15) is 0 Å². The summed E-state index contributed by atoms with van der Waals surface area (Å²) in [6.07, 6.45) is 0.689. The molecule has 0 bridgehead atoms. The van der Waals surface area contributed by atoms with E-state index in [0.717, 1.165) is 0 Å². The third-order valence-corrected chi connectivity index (χ3v) is 6.88. The molecule has 37 heavy (non-hydrogen) atoms. The van der Waals surface area contributed by atoms with Crippen LogP contribution in [-0.2, 0) is 9.53 Å². The first-order chi connectivity index (χ1) is 17.7. The van der Waals surface area contributed by atoms with E-state index in [-0.39, 0.29) is 24.0 Å². The first-order valence-electron chi connectivity index (χ1n) is 12.3. The van der Waals surface area contributed by atoms with E-state index in [9.17, 15) is 18.8 Å². The topological polar surface area (TPSA) is 91.4 Å². The monoisotopic (exact) mass is 512 g/mol. The van der Waals surface area contributed by atoms with Crippen LogP contribution in [0.2, 0.25) is 0 Å². The maximum absolute atomic E-state index is 13.7. The van der Waals surface area contributed by atoms with Gasteiger partial charge < -0.3 is 24.6 Å². The van der Waals surface area contributed by atoms with Gasteiger partial charge in [0.05, 0.1) is 13.7 Å². The second-order valence-corrected chi connectivity index (χ2v) is 9.57. The van der Waals surface area contributed by atoms with Crippen LogP contribution in [0.15, 0.2) is 48.5 Å². The van der Waals surface area contributed by atoms with Crippen LogP contribution in [0.1, 0.15) is 33.6 Å². The molecule has 10 heteroatoms. The predicted octanol–water partition coefficient (Wildman–Crippen LogP) is 1.99. The summed E-state index contributed by atoms with van der Waals surface area (Å²) in [5.74, 6) is -0.702. The molecule has 2 heterocycles. The Hall–Kier alpha value is -3.50. The number of piperidine rings is 1. The zero-order valence-electron chi connectivity index (χ0n) is 21.4. The Morgan fingerprint density at radius 3 is 2.43 bits per heavy atom. The summed E-state index contributed by atoms with van der Waals surface area (Å²) < 4.78 is 25.0. The molecule has 0 aliphatic carbocycles. The van der Waals surface area contributed by atoms with E-state index in [2.05, 4.69) is 5.32 Å². The van der Waals surface area contributed by atoms with Crippen molar-refractivity contribution in [2.24, 2.45) is 0 Å².